The largest absolute Gasteiger partial charge is 0.305 e. The molecule has 0 amide bonds. The number of nitriles is 1. The summed E-state index contributed by atoms with van der Waals surface area (Å²) in [6, 6.07) is 11.5. The zero-order valence-electron chi connectivity index (χ0n) is 10.3. The van der Waals surface area contributed by atoms with Crippen molar-refractivity contribution in [3.63, 3.8) is 0 Å². The molecular formula is C14H12Cl2N2S. The van der Waals surface area contributed by atoms with Crippen molar-refractivity contribution in [2.45, 2.75) is 19.5 Å². The standard InChI is InChI=1S/C14H12Cl2N2S/c1-9(13-4-5-14(16)19-13)18-8-11-3-2-10(7-17)6-12(11)15/h2-6,9,18H,8H2,1H3. The van der Waals surface area contributed by atoms with Gasteiger partial charge >= 0.3 is 0 Å². The second-order valence-corrected chi connectivity index (χ2v) is 6.32. The van der Waals surface area contributed by atoms with Crippen molar-refractivity contribution in [3.05, 3.63) is 55.7 Å². The molecule has 1 N–H and O–H groups in total. The fraction of sp³-hybridized carbons (Fsp3) is 0.214. The van der Waals surface area contributed by atoms with Gasteiger partial charge in [-0.2, -0.15) is 5.26 Å². The van der Waals surface area contributed by atoms with E-state index < -0.39 is 0 Å². The van der Waals surface area contributed by atoms with Crippen molar-refractivity contribution >= 4 is 34.5 Å². The lowest BCUT2D eigenvalue weighted by atomic mass is 10.1. The van der Waals surface area contributed by atoms with Crippen molar-refractivity contribution in [2.24, 2.45) is 0 Å². The van der Waals surface area contributed by atoms with Gasteiger partial charge in [-0.05, 0) is 36.8 Å². The Kier molecular flexibility index (Phi) is 4.84. The predicted molar refractivity (Wildman–Crippen MR) is 80.8 cm³/mol. The first kappa shape index (κ1) is 14.4. The minimum atomic E-state index is 0.212. The van der Waals surface area contributed by atoms with E-state index in [0.717, 1.165) is 9.90 Å². The van der Waals surface area contributed by atoms with Crippen LogP contribution in [0.3, 0.4) is 0 Å². The topological polar surface area (TPSA) is 35.8 Å². The number of halogens is 2. The first-order chi connectivity index (χ1) is 9.10. The lowest BCUT2D eigenvalue weighted by molar-refractivity contribution is 0.583. The molecule has 2 rings (SSSR count). The summed E-state index contributed by atoms with van der Waals surface area (Å²) in [6.45, 7) is 2.74. The summed E-state index contributed by atoms with van der Waals surface area (Å²) in [4.78, 5) is 1.19. The Morgan fingerprint density at radius 1 is 1.32 bits per heavy atom. The molecule has 2 nitrogen and oxygen atoms in total. The maximum atomic E-state index is 8.79. The number of hydrogen-bond donors (Lipinski definition) is 1. The van der Waals surface area contributed by atoms with Crippen LogP contribution in [0.25, 0.3) is 0 Å². The molecule has 1 aromatic carbocycles. The summed E-state index contributed by atoms with van der Waals surface area (Å²) in [5.74, 6) is 0. The normalized spacial score (nSPS) is 12.1. The zero-order valence-corrected chi connectivity index (χ0v) is 12.6. The Labute approximate surface area is 126 Å². The van der Waals surface area contributed by atoms with Crippen molar-refractivity contribution in [2.75, 3.05) is 0 Å². The minimum absolute atomic E-state index is 0.212. The molecule has 0 fully saturated rings. The highest BCUT2D eigenvalue weighted by Crippen LogP contribution is 2.27. The van der Waals surface area contributed by atoms with E-state index in [1.165, 1.54) is 4.88 Å². The maximum absolute atomic E-state index is 8.79. The molecule has 1 aromatic heterocycles. The molecule has 2 aromatic rings. The summed E-state index contributed by atoms with van der Waals surface area (Å²) in [5, 5.41) is 12.8. The Bertz CT molecular complexity index is 616. The van der Waals surface area contributed by atoms with Gasteiger partial charge in [0.15, 0.2) is 0 Å². The fourth-order valence-electron chi connectivity index (χ4n) is 1.68. The number of nitrogens with one attached hydrogen (secondary N) is 1. The number of hydrogen-bond acceptors (Lipinski definition) is 3. The van der Waals surface area contributed by atoms with Crippen molar-refractivity contribution in [1.29, 1.82) is 5.26 Å². The highest BCUT2D eigenvalue weighted by Gasteiger charge is 2.09. The van der Waals surface area contributed by atoms with E-state index in [4.69, 9.17) is 28.5 Å². The van der Waals surface area contributed by atoms with Crippen molar-refractivity contribution in [1.82, 2.24) is 5.32 Å². The fourth-order valence-corrected chi connectivity index (χ4v) is 3.02. The highest BCUT2D eigenvalue weighted by atomic mass is 35.5. The van der Waals surface area contributed by atoms with Crippen LogP contribution in [0.1, 0.15) is 29.0 Å². The first-order valence-corrected chi connectivity index (χ1v) is 7.34. The third-order valence-electron chi connectivity index (χ3n) is 2.80. The van der Waals surface area contributed by atoms with Crippen LogP contribution in [0.15, 0.2) is 30.3 Å². The van der Waals surface area contributed by atoms with Gasteiger partial charge < -0.3 is 5.32 Å². The molecule has 1 atom stereocenters. The van der Waals surface area contributed by atoms with Crippen LogP contribution in [-0.2, 0) is 6.54 Å². The number of nitrogens with zero attached hydrogens (tertiary/aromatic N) is 1. The van der Waals surface area contributed by atoms with Crippen LogP contribution in [0.4, 0.5) is 0 Å². The van der Waals surface area contributed by atoms with Crippen molar-refractivity contribution < 1.29 is 0 Å². The van der Waals surface area contributed by atoms with Crippen LogP contribution in [0.5, 0.6) is 0 Å². The van der Waals surface area contributed by atoms with Crippen LogP contribution < -0.4 is 5.32 Å². The molecule has 0 aliphatic heterocycles. The van der Waals surface area contributed by atoms with E-state index >= 15 is 0 Å². The quantitative estimate of drug-likeness (QED) is 0.882. The molecule has 0 aliphatic rings. The van der Waals surface area contributed by atoms with E-state index in [1.807, 2.05) is 18.2 Å². The Hall–Kier alpha value is -1.05. The second kappa shape index (κ2) is 6.40. The molecular weight excluding hydrogens is 299 g/mol. The van der Waals surface area contributed by atoms with Gasteiger partial charge in [-0.25, -0.2) is 0 Å². The lowest BCUT2D eigenvalue weighted by Crippen LogP contribution is -2.17. The van der Waals surface area contributed by atoms with Crippen LogP contribution in [0, 0.1) is 11.3 Å². The van der Waals surface area contributed by atoms with Gasteiger partial charge in [0.1, 0.15) is 0 Å². The van der Waals surface area contributed by atoms with Crippen molar-refractivity contribution in [3.8, 4) is 6.07 Å². The molecule has 98 valence electrons. The highest BCUT2D eigenvalue weighted by molar-refractivity contribution is 7.16. The molecule has 19 heavy (non-hydrogen) atoms. The molecule has 0 bridgehead atoms. The van der Waals surface area contributed by atoms with Gasteiger partial charge in [0, 0.05) is 22.5 Å². The Morgan fingerprint density at radius 3 is 2.68 bits per heavy atom. The van der Waals surface area contributed by atoms with E-state index in [-0.39, 0.29) is 6.04 Å². The molecule has 1 unspecified atom stereocenters. The van der Waals surface area contributed by atoms with Gasteiger partial charge in [-0.3, -0.25) is 0 Å². The minimum Gasteiger partial charge on any atom is -0.305 e. The van der Waals surface area contributed by atoms with E-state index in [0.29, 0.717) is 17.1 Å². The van der Waals surface area contributed by atoms with Crippen LogP contribution in [-0.4, -0.2) is 0 Å². The van der Waals surface area contributed by atoms with Gasteiger partial charge in [0.2, 0.25) is 0 Å². The number of benzene rings is 1. The van der Waals surface area contributed by atoms with Crippen LogP contribution in [0.2, 0.25) is 9.36 Å². The van der Waals surface area contributed by atoms with E-state index in [1.54, 1.807) is 23.5 Å². The van der Waals surface area contributed by atoms with Gasteiger partial charge in [0.05, 0.1) is 16.0 Å². The van der Waals surface area contributed by atoms with Gasteiger partial charge in [0.25, 0.3) is 0 Å². The molecule has 5 heteroatoms. The summed E-state index contributed by atoms with van der Waals surface area (Å²) in [6.07, 6.45) is 0. The molecule has 0 saturated carbocycles. The van der Waals surface area contributed by atoms with Gasteiger partial charge in [-0.1, -0.05) is 29.3 Å². The number of thiophene rings is 1. The third kappa shape index (κ3) is 3.71. The molecule has 0 spiro atoms. The molecule has 0 aliphatic carbocycles. The monoisotopic (exact) mass is 310 g/mol. The summed E-state index contributed by atoms with van der Waals surface area (Å²) < 4.78 is 0.792. The average molecular weight is 311 g/mol. The Balaban J connectivity index is 2.01. The third-order valence-corrected chi connectivity index (χ3v) is 4.57. The number of rotatable bonds is 4. The lowest BCUT2D eigenvalue weighted by Gasteiger charge is -2.13. The zero-order chi connectivity index (χ0) is 13.8. The summed E-state index contributed by atoms with van der Waals surface area (Å²) in [7, 11) is 0. The van der Waals surface area contributed by atoms with E-state index in [2.05, 4.69) is 18.3 Å². The smallest absolute Gasteiger partial charge is 0.0992 e. The molecule has 1 heterocycles. The second-order valence-electron chi connectivity index (χ2n) is 4.16. The van der Waals surface area contributed by atoms with E-state index in [9.17, 15) is 0 Å². The Morgan fingerprint density at radius 2 is 2.11 bits per heavy atom. The van der Waals surface area contributed by atoms with Crippen LogP contribution >= 0.6 is 34.5 Å². The van der Waals surface area contributed by atoms with Gasteiger partial charge in [-0.15, -0.1) is 11.3 Å². The predicted octanol–water partition coefficient (Wildman–Crippen LogP) is 4.78. The average Bonchev–Trinajstić information content (AvgIpc) is 2.83. The SMILES string of the molecule is CC(NCc1ccc(C#N)cc1Cl)c1ccc(Cl)s1. The first-order valence-electron chi connectivity index (χ1n) is 5.77. The molecule has 0 radical (unpaired) electrons. The summed E-state index contributed by atoms with van der Waals surface area (Å²) in [5.41, 5.74) is 1.56. The maximum Gasteiger partial charge on any atom is 0.0992 e. The summed E-state index contributed by atoms with van der Waals surface area (Å²) >= 11 is 13.6. The molecule has 0 saturated heterocycles.